The van der Waals surface area contributed by atoms with Crippen LogP contribution in [0.1, 0.15) is 23.8 Å². The van der Waals surface area contributed by atoms with E-state index in [9.17, 15) is 4.79 Å². The number of carbonyl (C=O) groups is 1. The number of aryl methyl sites for hydroxylation is 2. The Balaban J connectivity index is 1.31. The quantitative estimate of drug-likeness (QED) is 0.314. The second kappa shape index (κ2) is 9.19. The maximum absolute atomic E-state index is 12.6. The van der Waals surface area contributed by atoms with Crippen molar-refractivity contribution in [2.45, 2.75) is 20.3 Å². The molecule has 0 saturated carbocycles. The molecule has 0 fully saturated rings. The number of aromatic nitrogens is 3. The van der Waals surface area contributed by atoms with E-state index in [4.69, 9.17) is 4.42 Å². The Morgan fingerprint density at radius 2 is 1.71 bits per heavy atom. The third kappa shape index (κ3) is 4.52. The van der Waals surface area contributed by atoms with Crippen LogP contribution in [0.5, 0.6) is 0 Å². The maximum atomic E-state index is 12.6. The molecule has 6 heteroatoms. The van der Waals surface area contributed by atoms with Gasteiger partial charge in [-0.15, -0.1) is 10.2 Å². The topological polar surface area (TPSA) is 73.0 Å². The third-order valence-corrected chi connectivity index (χ3v) is 5.64. The van der Waals surface area contributed by atoms with E-state index in [2.05, 4.69) is 34.6 Å². The van der Waals surface area contributed by atoms with E-state index in [1.165, 1.54) is 11.6 Å². The Bertz CT molecular complexity index is 1480. The third-order valence-electron chi connectivity index (χ3n) is 5.64. The van der Waals surface area contributed by atoms with Gasteiger partial charge in [0.05, 0.1) is 5.69 Å². The predicted octanol–water partition coefficient (Wildman–Crippen LogP) is 6.20. The summed E-state index contributed by atoms with van der Waals surface area (Å²) in [5, 5.41) is 12.1. The molecular weight excluding hydrogens is 424 g/mol. The second-order valence-electron chi connectivity index (χ2n) is 8.06. The van der Waals surface area contributed by atoms with Gasteiger partial charge in [0, 0.05) is 17.3 Å². The second-order valence-corrected chi connectivity index (χ2v) is 8.06. The summed E-state index contributed by atoms with van der Waals surface area (Å²) < 4.78 is 5.82. The van der Waals surface area contributed by atoms with Crippen LogP contribution in [0, 0.1) is 6.92 Å². The zero-order valence-corrected chi connectivity index (χ0v) is 19.0. The number of hydrogen-bond acceptors (Lipinski definition) is 4. The smallest absolute Gasteiger partial charge is 0.248 e. The van der Waals surface area contributed by atoms with Crippen molar-refractivity contribution >= 4 is 28.7 Å². The minimum atomic E-state index is -0.248. The Hall–Kier alpha value is -4.45. The summed E-state index contributed by atoms with van der Waals surface area (Å²) >= 11 is 0. The van der Waals surface area contributed by atoms with Crippen molar-refractivity contribution in [1.29, 1.82) is 0 Å². The normalized spacial score (nSPS) is 11.4. The zero-order chi connectivity index (χ0) is 23.5. The van der Waals surface area contributed by atoms with Crippen LogP contribution in [-0.4, -0.2) is 20.9 Å². The molecule has 0 saturated heterocycles. The van der Waals surface area contributed by atoms with E-state index in [0.29, 0.717) is 17.0 Å². The minimum absolute atomic E-state index is 0.248. The van der Waals surface area contributed by atoms with Crippen LogP contribution in [0.4, 0.5) is 5.69 Å². The fraction of sp³-hybridized carbons (Fsp3) is 0.107. The highest BCUT2D eigenvalue weighted by atomic mass is 16.3. The molecule has 0 unspecified atom stereocenters. The van der Waals surface area contributed by atoms with Gasteiger partial charge in [-0.2, -0.15) is 4.80 Å². The van der Waals surface area contributed by atoms with E-state index < -0.39 is 0 Å². The summed E-state index contributed by atoms with van der Waals surface area (Å²) in [5.74, 6) is 1.12. The van der Waals surface area contributed by atoms with Crippen LogP contribution in [0.3, 0.4) is 0 Å². The van der Waals surface area contributed by atoms with Crippen LogP contribution < -0.4 is 5.32 Å². The monoisotopic (exact) mass is 448 g/mol. The van der Waals surface area contributed by atoms with E-state index in [-0.39, 0.29) is 5.91 Å². The van der Waals surface area contributed by atoms with Crippen molar-refractivity contribution in [2.75, 3.05) is 5.32 Å². The lowest BCUT2D eigenvalue weighted by Gasteiger charge is -2.05. The first-order chi connectivity index (χ1) is 16.6. The lowest BCUT2D eigenvalue weighted by atomic mass is 10.1. The summed E-state index contributed by atoms with van der Waals surface area (Å²) in [6.07, 6.45) is 4.11. The number of anilines is 1. The van der Waals surface area contributed by atoms with E-state index >= 15 is 0 Å². The minimum Gasteiger partial charge on any atom is -0.457 e. The number of rotatable bonds is 6. The molecule has 168 valence electrons. The molecule has 2 heterocycles. The van der Waals surface area contributed by atoms with Crippen LogP contribution >= 0.6 is 0 Å². The molecule has 1 amide bonds. The lowest BCUT2D eigenvalue weighted by molar-refractivity contribution is -0.111. The number of carbonyl (C=O) groups excluding carboxylic acids is 1. The first-order valence-corrected chi connectivity index (χ1v) is 11.2. The van der Waals surface area contributed by atoms with Gasteiger partial charge in [0.25, 0.3) is 0 Å². The molecule has 6 nitrogen and oxygen atoms in total. The molecule has 0 aliphatic heterocycles. The number of nitrogens with one attached hydrogen (secondary N) is 1. The Labute approximate surface area is 197 Å². The van der Waals surface area contributed by atoms with E-state index in [0.717, 1.165) is 34.5 Å². The molecule has 2 aromatic heterocycles. The first-order valence-electron chi connectivity index (χ1n) is 11.2. The van der Waals surface area contributed by atoms with Gasteiger partial charge < -0.3 is 9.73 Å². The van der Waals surface area contributed by atoms with Gasteiger partial charge in [-0.25, -0.2) is 0 Å². The molecule has 3 aromatic carbocycles. The van der Waals surface area contributed by atoms with Gasteiger partial charge in [0.15, 0.2) is 0 Å². The van der Waals surface area contributed by atoms with Crippen molar-refractivity contribution in [3.63, 3.8) is 0 Å². The summed E-state index contributed by atoms with van der Waals surface area (Å²) in [7, 11) is 0. The number of fused-ring (bicyclic) bond motifs is 1. The highest BCUT2D eigenvalue weighted by Crippen LogP contribution is 2.24. The van der Waals surface area contributed by atoms with Gasteiger partial charge in [-0.1, -0.05) is 49.4 Å². The van der Waals surface area contributed by atoms with Gasteiger partial charge in [-0.05, 0) is 66.9 Å². The van der Waals surface area contributed by atoms with Gasteiger partial charge >= 0.3 is 0 Å². The molecule has 0 spiro atoms. The molecule has 5 rings (SSSR count). The zero-order valence-electron chi connectivity index (χ0n) is 19.0. The summed E-state index contributed by atoms with van der Waals surface area (Å²) in [6, 6.07) is 25.5. The molecular formula is C28H24N4O2. The van der Waals surface area contributed by atoms with Gasteiger partial charge in [0.2, 0.25) is 5.91 Å². The van der Waals surface area contributed by atoms with Gasteiger partial charge in [-0.3, -0.25) is 4.79 Å². The molecule has 1 N–H and O–H groups in total. The number of amides is 1. The number of furan rings is 1. The average molecular weight is 449 g/mol. The first kappa shape index (κ1) is 21.4. The molecule has 0 bridgehead atoms. The van der Waals surface area contributed by atoms with Gasteiger partial charge in [0.1, 0.15) is 22.6 Å². The standard InChI is InChI=1S/C28H24N4O2/c1-3-20-9-11-22(12-10-20)32-30-25-17-19(2)24(18-26(25)31-32)29-28(33)16-14-23-13-15-27(34-23)21-7-5-4-6-8-21/h4-18H,3H2,1-2H3,(H,29,33)/b16-14+. The lowest BCUT2D eigenvalue weighted by Crippen LogP contribution is -2.08. The molecule has 0 aliphatic carbocycles. The Morgan fingerprint density at radius 3 is 2.44 bits per heavy atom. The van der Waals surface area contributed by atoms with Crippen LogP contribution in [0.15, 0.2) is 89.4 Å². The summed E-state index contributed by atoms with van der Waals surface area (Å²) in [6.45, 7) is 4.06. The fourth-order valence-electron chi connectivity index (χ4n) is 3.72. The number of hydrogen-bond donors (Lipinski definition) is 1. The van der Waals surface area contributed by atoms with Crippen LogP contribution in [-0.2, 0) is 11.2 Å². The van der Waals surface area contributed by atoms with Crippen LogP contribution in [0.25, 0.3) is 34.1 Å². The number of nitrogens with zero attached hydrogens (tertiary/aromatic N) is 3. The summed E-state index contributed by atoms with van der Waals surface area (Å²) in [5.41, 5.74) is 6.24. The van der Waals surface area contributed by atoms with Crippen molar-refractivity contribution in [2.24, 2.45) is 0 Å². The molecule has 34 heavy (non-hydrogen) atoms. The van der Waals surface area contributed by atoms with E-state index in [1.807, 2.05) is 73.7 Å². The van der Waals surface area contributed by atoms with Crippen molar-refractivity contribution in [3.05, 3.63) is 102 Å². The SMILES string of the molecule is CCc1ccc(-n2nc3cc(C)c(NC(=O)/C=C/c4ccc(-c5ccccc5)o4)cc3n2)cc1. The van der Waals surface area contributed by atoms with Crippen molar-refractivity contribution < 1.29 is 9.21 Å². The van der Waals surface area contributed by atoms with Crippen LogP contribution in [0.2, 0.25) is 0 Å². The molecule has 5 aromatic rings. The molecule has 0 atom stereocenters. The largest absolute Gasteiger partial charge is 0.457 e. The van der Waals surface area contributed by atoms with E-state index in [1.54, 1.807) is 10.9 Å². The Kier molecular flexibility index (Phi) is 5.79. The highest BCUT2D eigenvalue weighted by Gasteiger charge is 2.10. The average Bonchev–Trinajstić information content (AvgIpc) is 3.51. The highest BCUT2D eigenvalue weighted by molar-refractivity contribution is 6.03. The number of benzene rings is 3. The van der Waals surface area contributed by atoms with Crippen molar-refractivity contribution in [3.8, 4) is 17.0 Å². The maximum Gasteiger partial charge on any atom is 0.248 e. The fourth-order valence-corrected chi connectivity index (χ4v) is 3.72. The van der Waals surface area contributed by atoms with Crippen molar-refractivity contribution in [1.82, 2.24) is 15.0 Å². The summed E-state index contributed by atoms with van der Waals surface area (Å²) in [4.78, 5) is 14.2. The predicted molar refractivity (Wildman–Crippen MR) is 135 cm³/mol. The Morgan fingerprint density at radius 1 is 0.971 bits per heavy atom. The molecule has 0 aliphatic rings. The molecule has 0 radical (unpaired) electrons.